The summed E-state index contributed by atoms with van der Waals surface area (Å²) in [5.74, 6) is 0. The minimum absolute atomic E-state index is 0.0579. The summed E-state index contributed by atoms with van der Waals surface area (Å²) < 4.78 is 11.7. The van der Waals surface area contributed by atoms with E-state index in [9.17, 15) is 0 Å². The molecular weight excluding hydrogens is 398 g/mol. The number of hydrogen-bond donors (Lipinski definition) is 0. The van der Waals surface area contributed by atoms with Crippen LogP contribution in [0.15, 0.2) is 77.2 Å². The largest absolute Gasteiger partial charge is 0.455 e. The highest BCUT2D eigenvalue weighted by Crippen LogP contribution is 2.50. The van der Waals surface area contributed by atoms with Gasteiger partial charge in [0.1, 0.15) is 11.2 Å². The molecule has 0 aliphatic rings. The lowest BCUT2D eigenvalue weighted by Gasteiger charge is -2.24. The van der Waals surface area contributed by atoms with E-state index in [1.807, 2.05) is 11.3 Å². The van der Waals surface area contributed by atoms with E-state index in [1.54, 1.807) is 0 Å². The predicted octanol–water partition coefficient (Wildman–Crippen LogP) is 8.82. The van der Waals surface area contributed by atoms with Gasteiger partial charge in [0.25, 0.3) is 0 Å². The van der Waals surface area contributed by atoms with E-state index in [4.69, 9.17) is 4.42 Å². The Kier molecular flexibility index (Phi) is 3.19. The fourth-order valence-electron chi connectivity index (χ4n) is 5.31. The molecule has 3 heteroatoms. The van der Waals surface area contributed by atoms with E-state index in [0.29, 0.717) is 0 Å². The van der Waals surface area contributed by atoms with E-state index < -0.39 is 0 Å². The van der Waals surface area contributed by atoms with Crippen LogP contribution >= 0.6 is 11.3 Å². The molecule has 2 nitrogen and oxygen atoms in total. The van der Waals surface area contributed by atoms with Gasteiger partial charge in [-0.3, -0.25) is 0 Å². The van der Waals surface area contributed by atoms with Crippen LogP contribution in [-0.4, -0.2) is 4.57 Å². The molecule has 31 heavy (non-hydrogen) atoms. The number of hydrogen-bond acceptors (Lipinski definition) is 2. The molecule has 4 aromatic carbocycles. The zero-order chi connectivity index (χ0) is 20.9. The molecule has 0 bridgehead atoms. The Morgan fingerprint density at radius 3 is 2.19 bits per heavy atom. The van der Waals surface area contributed by atoms with Gasteiger partial charge in [-0.2, -0.15) is 0 Å². The average molecular weight is 420 g/mol. The summed E-state index contributed by atoms with van der Waals surface area (Å²) in [6, 6.07) is 26.0. The normalized spacial score (nSPS) is 13.0. The zero-order valence-electron chi connectivity index (χ0n) is 17.7. The minimum Gasteiger partial charge on any atom is -0.455 e. The van der Waals surface area contributed by atoms with Gasteiger partial charge in [0.05, 0.1) is 10.2 Å². The summed E-state index contributed by atoms with van der Waals surface area (Å²) in [7, 11) is 0. The van der Waals surface area contributed by atoms with Gasteiger partial charge in [0.2, 0.25) is 0 Å². The number of thiophene rings is 1. The van der Waals surface area contributed by atoms with E-state index in [1.165, 1.54) is 52.8 Å². The van der Waals surface area contributed by atoms with Crippen molar-refractivity contribution in [3.05, 3.63) is 72.8 Å². The van der Waals surface area contributed by atoms with Crippen LogP contribution in [0.2, 0.25) is 0 Å². The number of para-hydroxylation sites is 2. The fourth-order valence-corrected chi connectivity index (χ4v) is 6.55. The maximum atomic E-state index is 6.58. The summed E-state index contributed by atoms with van der Waals surface area (Å²) in [6.45, 7) is 6.90. The van der Waals surface area contributed by atoms with E-state index in [-0.39, 0.29) is 5.54 Å². The highest BCUT2D eigenvalue weighted by Gasteiger charge is 2.27. The summed E-state index contributed by atoms with van der Waals surface area (Å²) in [6.07, 6.45) is 0. The van der Waals surface area contributed by atoms with Crippen molar-refractivity contribution in [2.45, 2.75) is 26.3 Å². The third kappa shape index (κ3) is 2.12. The Balaban J connectivity index is 1.96. The molecule has 0 aliphatic carbocycles. The number of benzene rings is 4. The van der Waals surface area contributed by atoms with Gasteiger partial charge in [-0.1, -0.05) is 54.6 Å². The van der Waals surface area contributed by atoms with Crippen molar-refractivity contribution < 1.29 is 4.42 Å². The molecule has 0 radical (unpaired) electrons. The minimum atomic E-state index is -0.0579. The van der Waals surface area contributed by atoms with Crippen molar-refractivity contribution in [2.24, 2.45) is 0 Å². The second-order valence-corrected chi connectivity index (χ2v) is 10.4. The third-order valence-electron chi connectivity index (χ3n) is 6.43. The van der Waals surface area contributed by atoms with E-state index >= 15 is 0 Å². The lowest BCUT2D eigenvalue weighted by Crippen LogP contribution is -2.21. The first-order chi connectivity index (χ1) is 15.0. The molecule has 0 aliphatic heterocycles. The molecule has 0 fully saturated rings. The van der Waals surface area contributed by atoms with Gasteiger partial charge in [0.15, 0.2) is 0 Å². The summed E-state index contributed by atoms with van der Waals surface area (Å²) in [5.41, 5.74) is 4.51. The molecule has 7 aromatic rings. The summed E-state index contributed by atoms with van der Waals surface area (Å²) in [5, 5.41) is 7.55. The van der Waals surface area contributed by atoms with Crippen LogP contribution in [0.4, 0.5) is 0 Å². The van der Waals surface area contributed by atoms with Gasteiger partial charge in [-0.05, 0) is 39.0 Å². The van der Waals surface area contributed by atoms with Crippen LogP contribution < -0.4 is 0 Å². The Morgan fingerprint density at radius 2 is 1.39 bits per heavy atom. The maximum absolute atomic E-state index is 6.58. The molecule has 3 heterocycles. The molecule has 0 atom stereocenters. The monoisotopic (exact) mass is 419 g/mol. The number of rotatable bonds is 0. The Hall–Kier alpha value is -3.30. The quantitative estimate of drug-likeness (QED) is 0.240. The molecule has 0 spiro atoms. The molecular formula is C28H21NOS. The topological polar surface area (TPSA) is 18.1 Å². The van der Waals surface area contributed by atoms with Gasteiger partial charge in [-0.15, -0.1) is 11.3 Å². The third-order valence-corrected chi connectivity index (χ3v) is 7.61. The van der Waals surface area contributed by atoms with Crippen molar-refractivity contribution in [2.75, 3.05) is 0 Å². The van der Waals surface area contributed by atoms with Crippen molar-refractivity contribution >= 4 is 75.3 Å². The second-order valence-electron chi connectivity index (χ2n) is 9.35. The number of fused-ring (bicyclic) bond motifs is 12. The zero-order valence-corrected chi connectivity index (χ0v) is 18.5. The SMILES string of the molecule is CC(C)(C)n1c2ccccc2c2c3c4ccccc4oc3c3c4ccccc4sc3c21. The molecule has 7 rings (SSSR count). The highest BCUT2D eigenvalue weighted by molar-refractivity contribution is 7.27. The summed E-state index contributed by atoms with van der Waals surface area (Å²) in [4.78, 5) is 0. The summed E-state index contributed by atoms with van der Waals surface area (Å²) >= 11 is 1.88. The Labute approximate surface area is 183 Å². The van der Waals surface area contributed by atoms with Crippen LogP contribution in [0.3, 0.4) is 0 Å². The van der Waals surface area contributed by atoms with Crippen molar-refractivity contribution in [1.82, 2.24) is 4.57 Å². The van der Waals surface area contributed by atoms with Crippen LogP contribution in [0.5, 0.6) is 0 Å². The smallest absolute Gasteiger partial charge is 0.145 e. The van der Waals surface area contributed by atoms with Crippen molar-refractivity contribution in [1.29, 1.82) is 0 Å². The Morgan fingerprint density at radius 1 is 0.710 bits per heavy atom. The van der Waals surface area contributed by atoms with Gasteiger partial charge >= 0.3 is 0 Å². The molecule has 0 unspecified atom stereocenters. The number of nitrogens with zero attached hydrogens (tertiary/aromatic N) is 1. The fraction of sp³-hybridized carbons (Fsp3) is 0.143. The maximum Gasteiger partial charge on any atom is 0.145 e. The second kappa shape index (κ2) is 5.68. The first kappa shape index (κ1) is 17.4. The van der Waals surface area contributed by atoms with Crippen LogP contribution in [0.1, 0.15) is 20.8 Å². The predicted molar refractivity (Wildman–Crippen MR) is 135 cm³/mol. The first-order valence-corrected chi connectivity index (χ1v) is 11.5. The number of aromatic nitrogens is 1. The van der Waals surface area contributed by atoms with Crippen LogP contribution in [-0.2, 0) is 5.54 Å². The van der Waals surface area contributed by atoms with Gasteiger partial charge in [0, 0.05) is 48.1 Å². The van der Waals surface area contributed by atoms with Crippen LogP contribution in [0.25, 0.3) is 63.9 Å². The first-order valence-electron chi connectivity index (χ1n) is 10.7. The molecule has 0 saturated carbocycles. The van der Waals surface area contributed by atoms with E-state index in [0.717, 1.165) is 11.2 Å². The molecule has 0 saturated heterocycles. The Bertz CT molecular complexity index is 1820. The molecule has 0 N–H and O–H groups in total. The standard InChI is InChI=1S/C28H21NOS/c1-28(2,3)29-19-13-7-4-10-16(19)22-23-17-11-5-8-14-20(17)30-26(23)24-18-12-6-9-15-21(18)31-27(24)25(22)29/h4-15H,1-3H3. The average Bonchev–Trinajstić information content (AvgIpc) is 3.42. The van der Waals surface area contributed by atoms with Crippen molar-refractivity contribution in [3.63, 3.8) is 0 Å². The lowest BCUT2D eigenvalue weighted by atomic mass is 10.0. The van der Waals surface area contributed by atoms with E-state index in [2.05, 4.69) is 98.1 Å². The molecule has 150 valence electrons. The van der Waals surface area contributed by atoms with Crippen LogP contribution in [0, 0.1) is 0 Å². The van der Waals surface area contributed by atoms with Gasteiger partial charge in [-0.25, -0.2) is 0 Å². The molecule has 0 amide bonds. The highest BCUT2D eigenvalue weighted by atomic mass is 32.1. The van der Waals surface area contributed by atoms with Crippen molar-refractivity contribution in [3.8, 4) is 0 Å². The number of furan rings is 1. The van der Waals surface area contributed by atoms with Gasteiger partial charge < -0.3 is 8.98 Å². The lowest BCUT2D eigenvalue weighted by molar-refractivity contribution is 0.424. The molecule has 3 aromatic heterocycles.